The van der Waals surface area contributed by atoms with Crippen LogP contribution in [0.1, 0.15) is 82.9 Å². The van der Waals surface area contributed by atoms with Crippen molar-refractivity contribution in [2.75, 3.05) is 23.9 Å². The molecular weight excluding hydrogens is 587 g/mol. The van der Waals surface area contributed by atoms with Crippen LogP contribution in [-0.2, 0) is 28.1 Å². The number of allylic oxidation sites excluding steroid dienone is 2. The summed E-state index contributed by atoms with van der Waals surface area (Å²) in [5, 5.41) is 0. The number of hydrogen-bond donors (Lipinski definition) is 0. The van der Waals surface area contributed by atoms with E-state index in [1.54, 1.807) is 0 Å². The van der Waals surface area contributed by atoms with E-state index in [9.17, 15) is 0 Å². The zero-order chi connectivity index (χ0) is 31.4. The number of nitrogens with zero attached hydrogens (tertiary/aromatic N) is 2. The number of para-hydroxylation sites is 2. The third kappa shape index (κ3) is 4.61. The van der Waals surface area contributed by atoms with Crippen molar-refractivity contribution in [3.05, 3.63) is 113 Å². The zero-order valence-electron chi connectivity index (χ0n) is 27.7. The average Bonchev–Trinajstić information content (AvgIpc) is 3.31. The lowest BCUT2D eigenvalue weighted by Gasteiger charge is -2.57. The number of benzene rings is 3. The highest BCUT2D eigenvalue weighted by Crippen LogP contribution is 2.62. The number of hydrogen-bond acceptors (Lipinski definition) is 4. The molecule has 0 aromatic heterocycles. The van der Waals surface area contributed by atoms with Gasteiger partial charge in [0.15, 0.2) is 6.26 Å². The minimum Gasteiger partial charge on any atom is -0.459 e. The van der Waals surface area contributed by atoms with Crippen LogP contribution < -0.4 is 14.3 Å². The Morgan fingerprint density at radius 2 is 1.09 bits per heavy atom. The van der Waals surface area contributed by atoms with Gasteiger partial charge in [-0.05, 0) is 114 Å². The van der Waals surface area contributed by atoms with E-state index < -0.39 is 6.26 Å². The maximum absolute atomic E-state index is 7.10. The van der Waals surface area contributed by atoms with Gasteiger partial charge in [-0.25, -0.2) is 0 Å². The summed E-state index contributed by atoms with van der Waals surface area (Å²) in [6, 6.07) is 26.7. The molecule has 4 saturated carbocycles. The van der Waals surface area contributed by atoms with Gasteiger partial charge in [-0.3, -0.25) is 0 Å². The van der Waals surface area contributed by atoms with Crippen LogP contribution in [-0.4, -0.2) is 14.1 Å². The van der Waals surface area contributed by atoms with E-state index in [0.29, 0.717) is 5.41 Å². The normalized spacial score (nSPS) is 30.7. The van der Waals surface area contributed by atoms with E-state index in [-0.39, 0.29) is 10.8 Å². The third-order valence-corrected chi connectivity index (χ3v) is 14.8. The second-order valence-electron chi connectivity index (χ2n) is 15.9. The monoisotopic (exact) mass is 634 g/mol. The number of rotatable bonds is 5. The standard InChI is InChI=1S/C40H47N2OPS/c1-38(2)32-11-7-9-13-34(32)41(5)36(38)25-44(45,26-37-39(3,4)33-12-8-10-14-35(33)42(37)6)43-31-17-15-30(16-18-31)40-22-27-19-28(23-40)21-29(20-27)24-40/h7-18,25-29H,19-24H2,1-6H3/b36-25-,37-26-. The van der Waals surface area contributed by atoms with Crippen LogP contribution in [0.15, 0.2) is 95.8 Å². The van der Waals surface area contributed by atoms with Crippen LogP contribution in [0.3, 0.4) is 0 Å². The molecule has 234 valence electrons. The quantitative estimate of drug-likeness (QED) is 0.260. The van der Waals surface area contributed by atoms with Gasteiger partial charge in [-0.2, -0.15) is 0 Å². The first kappa shape index (κ1) is 29.6. The highest BCUT2D eigenvalue weighted by Gasteiger charge is 2.51. The van der Waals surface area contributed by atoms with Crippen molar-refractivity contribution in [3.8, 4) is 5.75 Å². The first-order valence-corrected chi connectivity index (χ1v) is 19.8. The Bertz CT molecular complexity index is 1660. The lowest BCUT2D eigenvalue weighted by atomic mass is 9.48. The van der Waals surface area contributed by atoms with Crippen LogP contribution in [0.25, 0.3) is 0 Å². The zero-order valence-corrected chi connectivity index (χ0v) is 29.4. The fraction of sp³-hybridized carbons (Fsp3) is 0.450. The molecule has 45 heavy (non-hydrogen) atoms. The summed E-state index contributed by atoms with van der Waals surface area (Å²) in [6.45, 7) is 9.26. The summed E-state index contributed by atoms with van der Waals surface area (Å²) in [7, 11) is 4.35. The molecular formula is C40H47N2OPS. The van der Waals surface area contributed by atoms with Crippen molar-refractivity contribution in [2.24, 2.45) is 17.8 Å². The van der Waals surface area contributed by atoms with Gasteiger partial charge in [0.1, 0.15) is 5.75 Å². The lowest BCUT2D eigenvalue weighted by Crippen LogP contribution is -2.48. The minimum absolute atomic E-state index is 0.181. The Kier molecular flexibility index (Phi) is 6.64. The van der Waals surface area contributed by atoms with Crippen molar-refractivity contribution in [1.29, 1.82) is 0 Å². The van der Waals surface area contributed by atoms with Gasteiger partial charge in [-0.15, -0.1) is 0 Å². The van der Waals surface area contributed by atoms with Gasteiger partial charge < -0.3 is 14.3 Å². The Morgan fingerprint density at radius 1 is 0.667 bits per heavy atom. The fourth-order valence-corrected chi connectivity index (χ4v) is 13.6. The molecule has 5 heteroatoms. The van der Waals surface area contributed by atoms with Gasteiger partial charge >= 0.3 is 0 Å². The molecule has 0 saturated heterocycles. The Morgan fingerprint density at radius 3 is 1.51 bits per heavy atom. The van der Waals surface area contributed by atoms with Crippen LogP contribution in [0.4, 0.5) is 11.4 Å². The molecule has 4 aliphatic carbocycles. The van der Waals surface area contributed by atoms with Crippen molar-refractivity contribution in [1.82, 2.24) is 0 Å². The van der Waals surface area contributed by atoms with E-state index in [1.165, 1.54) is 78.0 Å². The van der Waals surface area contributed by atoms with Crippen molar-refractivity contribution in [3.63, 3.8) is 0 Å². The highest BCUT2D eigenvalue weighted by atomic mass is 32.4. The first-order chi connectivity index (χ1) is 21.4. The van der Waals surface area contributed by atoms with E-state index in [2.05, 4.69) is 136 Å². The van der Waals surface area contributed by atoms with E-state index in [4.69, 9.17) is 16.3 Å². The number of anilines is 2. The molecule has 3 aromatic rings. The van der Waals surface area contributed by atoms with E-state index >= 15 is 0 Å². The first-order valence-electron chi connectivity index (χ1n) is 16.9. The summed E-state index contributed by atoms with van der Waals surface area (Å²) in [5.74, 6) is 8.31. The number of likely N-dealkylation sites (N-methyl/N-ethyl adjacent to an activating group) is 2. The molecule has 0 amide bonds. The van der Waals surface area contributed by atoms with Crippen LogP contribution in [0.2, 0.25) is 0 Å². The SMILES string of the molecule is CN1/C(=C\P(=S)(/C=C2\N(C)c3ccccc3C2(C)C)Oc2ccc(C34CC5CC(CC(C5)C3)C4)cc2)C(C)(C)c2ccccc21. The molecule has 2 heterocycles. The molecule has 6 aliphatic rings. The van der Waals surface area contributed by atoms with Crippen LogP contribution >= 0.6 is 6.26 Å². The molecule has 0 radical (unpaired) electrons. The molecule has 0 atom stereocenters. The Balaban J connectivity index is 1.19. The van der Waals surface area contributed by atoms with Crippen LogP contribution in [0, 0.1) is 17.8 Å². The van der Waals surface area contributed by atoms with Gasteiger partial charge in [0, 0.05) is 59.3 Å². The van der Waals surface area contributed by atoms with Gasteiger partial charge in [0.2, 0.25) is 0 Å². The third-order valence-electron chi connectivity index (χ3n) is 12.2. The molecule has 9 rings (SSSR count). The molecule has 0 unspecified atom stereocenters. The van der Waals surface area contributed by atoms with Crippen molar-refractivity contribution >= 4 is 29.4 Å². The molecule has 3 aromatic carbocycles. The summed E-state index contributed by atoms with van der Waals surface area (Å²) in [5.41, 5.74) is 9.12. The second-order valence-corrected chi connectivity index (χ2v) is 19.6. The van der Waals surface area contributed by atoms with Gasteiger partial charge in [-0.1, -0.05) is 76.2 Å². The maximum atomic E-state index is 7.10. The van der Waals surface area contributed by atoms with Gasteiger partial charge in [0.25, 0.3) is 0 Å². The molecule has 2 aliphatic heterocycles. The van der Waals surface area contributed by atoms with E-state index in [0.717, 1.165) is 23.5 Å². The molecule has 0 N–H and O–H groups in total. The number of fused-ring (bicyclic) bond motifs is 2. The van der Waals surface area contributed by atoms with Crippen LogP contribution in [0.5, 0.6) is 5.75 Å². The molecule has 4 bridgehead atoms. The fourth-order valence-electron chi connectivity index (χ4n) is 10.4. The summed E-state index contributed by atoms with van der Waals surface area (Å²) in [4.78, 5) is 4.65. The van der Waals surface area contributed by atoms with Crippen molar-refractivity contribution < 1.29 is 4.52 Å². The largest absolute Gasteiger partial charge is 0.459 e. The Labute approximate surface area is 275 Å². The summed E-state index contributed by atoms with van der Waals surface area (Å²) < 4.78 is 7.10. The maximum Gasteiger partial charge on any atom is 0.161 e. The molecule has 3 nitrogen and oxygen atoms in total. The highest BCUT2D eigenvalue weighted by molar-refractivity contribution is 8.15. The second kappa shape index (κ2) is 10.1. The topological polar surface area (TPSA) is 15.7 Å². The predicted molar refractivity (Wildman–Crippen MR) is 193 cm³/mol. The average molecular weight is 635 g/mol. The lowest BCUT2D eigenvalue weighted by molar-refractivity contribution is -0.00519. The smallest absolute Gasteiger partial charge is 0.161 e. The summed E-state index contributed by atoms with van der Waals surface area (Å²) >= 11 is 6.72. The van der Waals surface area contributed by atoms with E-state index in [1.807, 2.05) is 0 Å². The predicted octanol–water partition coefficient (Wildman–Crippen LogP) is 10.5. The molecule has 0 spiro atoms. The Hall–Kier alpha value is -2.81. The van der Waals surface area contributed by atoms with Gasteiger partial charge in [0.05, 0.1) is 0 Å². The summed E-state index contributed by atoms with van der Waals surface area (Å²) in [6.07, 6.45) is 5.85. The van der Waals surface area contributed by atoms with Crippen molar-refractivity contribution in [2.45, 2.75) is 82.5 Å². The molecule has 4 fully saturated rings. The minimum atomic E-state index is -2.68.